The third kappa shape index (κ3) is 2.02. The lowest BCUT2D eigenvalue weighted by Crippen LogP contribution is -2.24. The second kappa shape index (κ2) is 4.57. The second-order valence-corrected chi connectivity index (χ2v) is 3.91. The van der Waals surface area contributed by atoms with Crippen molar-refractivity contribution in [2.45, 2.75) is 6.04 Å². The van der Waals surface area contributed by atoms with E-state index in [9.17, 15) is 4.79 Å². The zero-order valence-electron chi connectivity index (χ0n) is 9.58. The average molecular weight is 233 g/mol. The van der Waals surface area contributed by atoms with Gasteiger partial charge in [-0.3, -0.25) is 4.57 Å². The molecule has 0 saturated carbocycles. The second-order valence-electron chi connectivity index (χ2n) is 3.91. The zero-order chi connectivity index (χ0) is 12.4. The van der Waals surface area contributed by atoms with E-state index in [-0.39, 0.29) is 12.3 Å². The van der Waals surface area contributed by atoms with Crippen LogP contribution in [0.25, 0.3) is 5.69 Å². The highest BCUT2D eigenvalue weighted by atomic mass is 16.3. The minimum atomic E-state index is -0.488. The van der Waals surface area contributed by atoms with E-state index in [4.69, 9.17) is 10.8 Å². The normalized spacial score (nSPS) is 12.6. The van der Waals surface area contributed by atoms with E-state index >= 15 is 0 Å². The fraction of sp³-hybridized carbons (Fsp3) is 0.250. The molecular weight excluding hydrogens is 218 g/mol. The molecule has 0 fully saturated rings. The molecule has 1 aromatic heterocycles. The van der Waals surface area contributed by atoms with Crippen molar-refractivity contribution >= 4 is 0 Å². The Morgan fingerprint density at radius 2 is 2.06 bits per heavy atom. The Morgan fingerprint density at radius 1 is 1.35 bits per heavy atom. The Kier molecular flexibility index (Phi) is 3.12. The van der Waals surface area contributed by atoms with Crippen LogP contribution >= 0.6 is 0 Å². The van der Waals surface area contributed by atoms with Gasteiger partial charge in [-0.15, -0.1) is 0 Å². The quantitative estimate of drug-likeness (QED) is 0.793. The standard InChI is InChI=1S/C12H15N3O2/c1-14-6-7-15(12(14)17)11-5-3-2-4-9(11)10(13)8-16/h2-7,10,16H,8,13H2,1H3. The molecule has 0 saturated heterocycles. The number of benzene rings is 1. The smallest absolute Gasteiger partial charge is 0.332 e. The zero-order valence-corrected chi connectivity index (χ0v) is 9.58. The Labute approximate surface area is 98.7 Å². The maximum atomic E-state index is 11.9. The van der Waals surface area contributed by atoms with E-state index in [1.54, 1.807) is 19.4 Å². The van der Waals surface area contributed by atoms with Crippen molar-refractivity contribution in [3.8, 4) is 5.69 Å². The Morgan fingerprint density at radius 3 is 2.65 bits per heavy atom. The first-order chi connectivity index (χ1) is 8.15. The summed E-state index contributed by atoms with van der Waals surface area (Å²) in [5.41, 5.74) is 7.14. The van der Waals surface area contributed by atoms with Gasteiger partial charge in [-0.25, -0.2) is 4.79 Å². The average Bonchev–Trinajstić information content (AvgIpc) is 2.69. The molecule has 1 unspecified atom stereocenters. The summed E-state index contributed by atoms with van der Waals surface area (Å²) in [5.74, 6) is 0. The molecule has 1 heterocycles. The van der Waals surface area contributed by atoms with Crippen LogP contribution in [-0.4, -0.2) is 20.8 Å². The van der Waals surface area contributed by atoms with Crippen LogP contribution in [0.5, 0.6) is 0 Å². The fourth-order valence-electron chi connectivity index (χ4n) is 1.77. The minimum Gasteiger partial charge on any atom is -0.394 e. The highest BCUT2D eigenvalue weighted by Crippen LogP contribution is 2.18. The topological polar surface area (TPSA) is 73.2 Å². The van der Waals surface area contributed by atoms with Crippen molar-refractivity contribution in [2.24, 2.45) is 12.8 Å². The van der Waals surface area contributed by atoms with Gasteiger partial charge in [0.15, 0.2) is 0 Å². The predicted octanol–water partition coefficient (Wildman–Crippen LogP) is 0.168. The molecule has 2 rings (SSSR count). The lowest BCUT2D eigenvalue weighted by atomic mass is 10.1. The highest BCUT2D eigenvalue weighted by molar-refractivity contribution is 5.42. The van der Waals surface area contributed by atoms with Crippen LogP contribution in [0.4, 0.5) is 0 Å². The van der Waals surface area contributed by atoms with Crippen LogP contribution in [-0.2, 0) is 7.05 Å². The van der Waals surface area contributed by atoms with Crippen molar-refractivity contribution in [1.29, 1.82) is 0 Å². The summed E-state index contributed by atoms with van der Waals surface area (Å²) < 4.78 is 3.01. The number of para-hydroxylation sites is 1. The molecule has 0 bridgehead atoms. The number of nitrogens with zero attached hydrogens (tertiary/aromatic N) is 2. The van der Waals surface area contributed by atoms with Gasteiger partial charge in [0.05, 0.1) is 18.3 Å². The van der Waals surface area contributed by atoms with Crippen molar-refractivity contribution in [3.63, 3.8) is 0 Å². The van der Waals surface area contributed by atoms with E-state index in [0.29, 0.717) is 5.69 Å². The molecule has 0 aliphatic carbocycles. The van der Waals surface area contributed by atoms with E-state index in [1.165, 1.54) is 9.13 Å². The van der Waals surface area contributed by atoms with Gasteiger partial charge in [0, 0.05) is 19.4 Å². The van der Waals surface area contributed by atoms with Crippen LogP contribution < -0.4 is 11.4 Å². The summed E-state index contributed by atoms with van der Waals surface area (Å²) >= 11 is 0. The number of rotatable bonds is 3. The molecular formula is C12H15N3O2. The number of aromatic nitrogens is 2. The van der Waals surface area contributed by atoms with Crippen LogP contribution in [0.15, 0.2) is 41.5 Å². The molecule has 90 valence electrons. The first kappa shape index (κ1) is 11.6. The Balaban J connectivity index is 2.60. The molecule has 3 N–H and O–H groups in total. The third-order valence-electron chi connectivity index (χ3n) is 2.74. The largest absolute Gasteiger partial charge is 0.394 e. The predicted molar refractivity (Wildman–Crippen MR) is 65.0 cm³/mol. The molecule has 5 heteroatoms. The van der Waals surface area contributed by atoms with Gasteiger partial charge in [0.25, 0.3) is 0 Å². The SMILES string of the molecule is Cn1ccn(-c2ccccc2C(N)CO)c1=O. The number of hydrogen-bond donors (Lipinski definition) is 2. The Hall–Kier alpha value is -1.85. The summed E-state index contributed by atoms with van der Waals surface area (Å²) in [6, 6.07) is 6.81. The molecule has 17 heavy (non-hydrogen) atoms. The van der Waals surface area contributed by atoms with Crippen molar-refractivity contribution in [2.75, 3.05) is 6.61 Å². The summed E-state index contributed by atoms with van der Waals surface area (Å²) in [5, 5.41) is 9.12. The lowest BCUT2D eigenvalue weighted by Gasteiger charge is -2.14. The molecule has 1 atom stereocenters. The van der Waals surface area contributed by atoms with Gasteiger partial charge < -0.3 is 15.4 Å². The number of aliphatic hydroxyl groups is 1. The summed E-state index contributed by atoms with van der Waals surface area (Å²) in [4.78, 5) is 11.9. The number of aryl methyl sites for hydroxylation is 1. The molecule has 1 aromatic carbocycles. The summed E-state index contributed by atoms with van der Waals surface area (Å²) in [7, 11) is 1.69. The molecule has 0 amide bonds. The summed E-state index contributed by atoms with van der Waals surface area (Å²) in [6.45, 7) is -0.154. The van der Waals surface area contributed by atoms with Crippen LogP contribution in [0.2, 0.25) is 0 Å². The van der Waals surface area contributed by atoms with Gasteiger partial charge in [-0.2, -0.15) is 0 Å². The van der Waals surface area contributed by atoms with E-state index in [2.05, 4.69) is 0 Å². The van der Waals surface area contributed by atoms with Crippen LogP contribution in [0.3, 0.4) is 0 Å². The monoisotopic (exact) mass is 233 g/mol. The third-order valence-corrected chi connectivity index (χ3v) is 2.74. The first-order valence-electron chi connectivity index (χ1n) is 5.35. The maximum absolute atomic E-state index is 11.9. The number of imidazole rings is 1. The van der Waals surface area contributed by atoms with Crippen LogP contribution in [0.1, 0.15) is 11.6 Å². The van der Waals surface area contributed by atoms with E-state index in [0.717, 1.165) is 5.56 Å². The summed E-state index contributed by atoms with van der Waals surface area (Å²) in [6.07, 6.45) is 3.37. The lowest BCUT2D eigenvalue weighted by molar-refractivity contribution is 0.268. The van der Waals surface area contributed by atoms with Crippen LogP contribution in [0, 0.1) is 0 Å². The number of hydrogen-bond acceptors (Lipinski definition) is 3. The highest BCUT2D eigenvalue weighted by Gasteiger charge is 2.12. The van der Waals surface area contributed by atoms with Crippen molar-refractivity contribution < 1.29 is 5.11 Å². The molecule has 2 aromatic rings. The van der Waals surface area contributed by atoms with Gasteiger partial charge in [-0.1, -0.05) is 18.2 Å². The first-order valence-corrected chi connectivity index (χ1v) is 5.35. The molecule has 0 aliphatic rings. The van der Waals surface area contributed by atoms with Gasteiger partial charge in [0.1, 0.15) is 0 Å². The maximum Gasteiger partial charge on any atom is 0.332 e. The number of aliphatic hydroxyl groups excluding tert-OH is 1. The van der Waals surface area contributed by atoms with Crippen molar-refractivity contribution in [1.82, 2.24) is 9.13 Å². The Bertz CT molecular complexity index is 571. The van der Waals surface area contributed by atoms with Crippen molar-refractivity contribution in [3.05, 3.63) is 52.7 Å². The minimum absolute atomic E-state index is 0.136. The molecule has 5 nitrogen and oxygen atoms in total. The van der Waals surface area contributed by atoms with Gasteiger partial charge >= 0.3 is 5.69 Å². The number of nitrogens with two attached hydrogens (primary N) is 1. The van der Waals surface area contributed by atoms with Gasteiger partial charge in [0.2, 0.25) is 0 Å². The molecule has 0 radical (unpaired) electrons. The van der Waals surface area contributed by atoms with E-state index in [1.807, 2.05) is 24.3 Å². The van der Waals surface area contributed by atoms with E-state index < -0.39 is 6.04 Å². The molecule has 0 spiro atoms. The molecule has 0 aliphatic heterocycles. The van der Waals surface area contributed by atoms with Gasteiger partial charge in [-0.05, 0) is 11.6 Å². The fourth-order valence-corrected chi connectivity index (χ4v) is 1.77.